The predicted octanol–water partition coefficient (Wildman–Crippen LogP) is 12.3. The highest BCUT2D eigenvalue weighted by atomic mass is 35.5. The molecule has 66 heavy (non-hydrogen) atoms. The lowest BCUT2D eigenvalue weighted by atomic mass is 9.82. The van der Waals surface area contributed by atoms with Gasteiger partial charge in [-0.3, -0.25) is 14.6 Å². The smallest absolute Gasteiger partial charge is 0.351 e. The number of carbonyl (C=O) groups is 3. The van der Waals surface area contributed by atoms with Crippen molar-refractivity contribution in [3.63, 3.8) is 0 Å². The molecule has 5 aliphatic heterocycles. The minimum absolute atomic E-state index is 0.00813. The van der Waals surface area contributed by atoms with Crippen molar-refractivity contribution in [3.05, 3.63) is 103 Å². The number of Topliss-reactive ketones (excluding diaryl/α,β-unsaturated/α-hetero) is 1. The van der Waals surface area contributed by atoms with E-state index in [9.17, 15) is 19.5 Å². The fourth-order valence-electron chi connectivity index (χ4n) is 10.2. The molecule has 354 valence electrons. The van der Waals surface area contributed by atoms with Gasteiger partial charge >= 0.3 is 11.9 Å². The van der Waals surface area contributed by atoms with Crippen LogP contribution in [0.5, 0.6) is 0 Å². The summed E-state index contributed by atoms with van der Waals surface area (Å²) >= 11 is 7.35. The first kappa shape index (κ1) is 50.6. The van der Waals surface area contributed by atoms with Crippen molar-refractivity contribution in [3.8, 4) is 0 Å². The van der Waals surface area contributed by atoms with E-state index < -0.39 is 35.2 Å². The van der Waals surface area contributed by atoms with Gasteiger partial charge in [0.25, 0.3) is 5.60 Å². The number of hydrogen-bond donors (Lipinski definition) is 1. The van der Waals surface area contributed by atoms with Crippen LogP contribution in [-0.2, 0) is 23.9 Å². The van der Waals surface area contributed by atoms with E-state index in [2.05, 4.69) is 48.1 Å². The lowest BCUT2D eigenvalue weighted by Crippen LogP contribution is -2.46. The molecular formula is C55H71ClN4O6. The molecule has 1 N–H and O–H groups in total. The predicted molar refractivity (Wildman–Crippen MR) is 268 cm³/mol. The molecule has 6 aliphatic rings. The van der Waals surface area contributed by atoms with Gasteiger partial charge in [0.05, 0.1) is 68.9 Å². The van der Waals surface area contributed by atoms with Crippen molar-refractivity contribution in [2.45, 2.75) is 152 Å². The highest BCUT2D eigenvalue weighted by molar-refractivity contribution is 6.47. The number of ketones is 1. The van der Waals surface area contributed by atoms with Crippen LogP contribution in [0.25, 0.3) is 0 Å². The molecular weight excluding hydrogens is 848 g/mol. The highest BCUT2D eigenvalue weighted by Gasteiger charge is 2.62. The second-order valence-corrected chi connectivity index (χ2v) is 20.1. The molecule has 8 bridgehead atoms. The fraction of sp³-hybridized carbons (Fsp3) is 0.545. The zero-order valence-electron chi connectivity index (χ0n) is 41.3. The molecule has 0 unspecified atom stereocenters. The van der Waals surface area contributed by atoms with E-state index >= 15 is 0 Å². The quantitative estimate of drug-likeness (QED) is 0.0733. The number of ether oxygens (including phenoxy) is 2. The van der Waals surface area contributed by atoms with Gasteiger partial charge in [-0.05, 0) is 112 Å². The van der Waals surface area contributed by atoms with Crippen molar-refractivity contribution in [2.75, 3.05) is 13.7 Å². The van der Waals surface area contributed by atoms with E-state index in [4.69, 9.17) is 41.0 Å². The summed E-state index contributed by atoms with van der Waals surface area (Å²) in [5.41, 5.74) is 6.44. The number of fused-ring (bicyclic) bond motifs is 4. The van der Waals surface area contributed by atoms with Gasteiger partial charge < -0.3 is 14.6 Å². The SMILES string of the molecule is C=CC1=C(C)C2=C(Cl)C3=NC(=C4C5=NC(=CC6=NC(=CC1=N2)C(C)=C6CC)C(C)=C5C(=O)[C@]4(O)C(=O)OC)[C@@H](CCC(=O)OCC=C(C)CCC[C@H](C)CCC[C@H](C)CCCC(C)C)[C@@H]3C. The summed E-state index contributed by atoms with van der Waals surface area (Å²) in [6.45, 7) is 25.4. The molecule has 0 aromatic heterocycles. The Labute approximate surface area is 398 Å². The minimum Gasteiger partial charge on any atom is -0.466 e. The first-order valence-corrected chi connectivity index (χ1v) is 24.6. The average molecular weight is 920 g/mol. The van der Waals surface area contributed by atoms with E-state index in [0.29, 0.717) is 46.4 Å². The Balaban J connectivity index is 1.25. The maximum Gasteiger partial charge on any atom is 0.351 e. The highest BCUT2D eigenvalue weighted by Crippen LogP contribution is 2.50. The van der Waals surface area contributed by atoms with Gasteiger partial charge in [0.2, 0.25) is 5.78 Å². The molecule has 1 fully saturated rings. The lowest BCUT2D eigenvalue weighted by molar-refractivity contribution is -0.161. The molecule has 1 saturated carbocycles. The number of rotatable bonds is 20. The number of hydrogen-bond acceptors (Lipinski definition) is 10. The van der Waals surface area contributed by atoms with Crippen molar-refractivity contribution >= 4 is 52.2 Å². The van der Waals surface area contributed by atoms with Crippen molar-refractivity contribution < 1.29 is 29.0 Å². The summed E-state index contributed by atoms with van der Waals surface area (Å²) in [5.74, 6) is -1.16. The molecule has 5 atom stereocenters. The Morgan fingerprint density at radius 2 is 1.53 bits per heavy atom. The second kappa shape index (κ2) is 21.4. The summed E-state index contributed by atoms with van der Waals surface area (Å²) in [7, 11) is 1.12. The van der Waals surface area contributed by atoms with Gasteiger partial charge in [0.15, 0.2) is 0 Å². The van der Waals surface area contributed by atoms with Crippen LogP contribution >= 0.6 is 11.6 Å². The third-order valence-corrected chi connectivity index (χ3v) is 14.8. The molecule has 1 aliphatic carbocycles. The molecule has 0 amide bonds. The minimum atomic E-state index is -2.74. The number of aliphatic imine (C=N–C) groups is 4. The van der Waals surface area contributed by atoms with Crippen molar-refractivity contribution in [1.82, 2.24) is 0 Å². The van der Waals surface area contributed by atoms with Crippen LogP contribution in [0.4, 0.5) is 0 Å². The number of halogens is 1. The molecule has 0 saturated heterocycles. The molecule has 0 aromatic rings. The summed E-state index contributed by atoms with van der Waals surface area (Å²) < 4.78 is 10.9. The van der Waals surface area contributed by atoms with Gasteiger partial charge in [-0.25, -0.2) is 19.8 Å². The van der Waals surface area contributed by atoms with E-state index in [1.807, 2.05) is 39.0 Å². The van der Waals surface area contributed by atoms with Gasteiger partial charge in [-0.15, -0.1) is 0 Å². The van der Waals surface area contributed by atoms with Crippen LogP contribution < -0.4 is 0 Å². The van der Waals surface area contributed by atoms with Crippen molar-refractivity contribution in [1.29, 1.82) is 0 Å². The van der Waals surface area contributed by atoms with Crippen LogP contribution in [0.2, 0.25) is 0 Å². The van der Waals surface area contributed by atoms with Crippen LogP contribution in [0, 0.1) is 29.6 Å². The van der Waals surface area contributed by atoms with Crippen molar-refractivity contribution in [2.24, 2.45) is 49.6 Å². The molecule has 5 heterocycles. The fourth-order valence-corrected chi connectivity index (χ4v) is 10.6. The number of methoxy groups -OCH3 is 1. The molecule has 11 heteroatoms. The molecule has 0 spiro atoms. The summed E-state index contributed by atoms with van der Waals surface area (Å²) in [6.07, 6.45) is 19.5. The maximum absolute atomic E-state index is 14.5. The third-order valence-electron chi connectivity index (χ3n) is 14.4. The zero-order chi connectivity index (χ0) is 48.2. The Morgan fingerprint density at radius 1 is 0.894 bits per heavy atom. The number of nitrogens with zero attached hydrogens (tertiary/aromatic N) is 4. The number of aliphatic hydroxyl groups is 1. The lowest BCUT2D eigenvalue weighted by Gasteiger charge is -2.24. The summed E-state index contributed by atoms with van der Waals surface area (Å²) in [5, 5.41) is 12.6. The van der Waals surface area contributed by atoms with E-state index in [-0.39, 0.29) is 47.0 Å². The standard InChI is InChI=1S/C55H71ClN4O6/c1-13-38-34(8)41-28-44-39(14-2)35(9)49(59-44)48(56)50-36(10)40(24-25-45(61)66-27-26-33(7)23-17-22-32(6)21-16-20-31(5)19-15-18-30(3)4)51(60-50)47-52-46(53(62)55(47,64)54(63)65-12)37(11)42(58-52)29-43(38)57-41/h14,26,28-32,36,40,64H,2,13,15-25,27H2,1,3-12H3/t31-,32-,36+,40+,55+/m1/s1. The summed E-state index contributed by atoms with van der Waals surface area (Å²) in [6, 6.07) is 0. The van der Waals surface area contributed by atoms with Gasteiger partial charge in [0.1, 0.15) is 6.61 Å². The maximum atomic E-state index is 14.5. The molecule has 6 rings (SSSR count). The van der Waals surface area contributed by atoms with E-state index in [1.165, 1.54) is 50.5 Å². The number of allylic oxidation sites excluding steroid dienone is 11. The van der Waals surface area contributed by atoms with Gasteiger partial charge in [0, 0.05) is 23.8 Å². The molecule has 0 aromatic carbocycles. The van der Waals surface area contributed by atoms with Crippen LogP contribution in [-0.4, -0.2) is 65.0 Å². The van der Waals surface area contributed by atoms with E-state index in [1.54, 1.807) is 13.0 Å². The topological polar surface area (TPSA) is 139 Å². The molecule has 10 nitrogen and oxygen atoms in total. The zero-order valence-corrected chi connectivity index (χ0v) is 42.0. The monoisotopic (exact) mass is 919 g/mol. The van der Waals surface area contributed by atoms with Gasteiger partial charge in [-0.1, -0.05) is 116 Å². The average Bonchev–Trinajstić information content (AvgIpc) is 4.01. The summed E-state index contributed by atoms with van der Waals surface area (Å²) in [4.78, 5) is 61.7. The third kappa shape index (κ3) is 10.2. The number of carbonyl (C=O) groups excluding carboxylic acids is 3. The Bertz CT molecular complexity index is 2440. The first-order valence-electron chi connectivity index (χ1n) is 24.2. The van der Waals surface area contributed by atoms with Crippen LogP contribution in [0.3, 0.4) is 0 Å². The Kier molecular flexibility index (Phi) is 16.4. The Hall–Kier alpha value is -4.80. The second-order valence-electron chi connectivity index (χ2n) is 19.7. The molecule has 0 radical (unpaired) electrons. The largest absolute Gasteiger partial charge is 0.466 e. The van der Waals surface area contributed by atoms with Crippen LogP contribution in [0.15, 0.2) is 123 Å². The number of esters is 2. The van der Waals surface area contributed by atoms with E-state index in [0.717, 1.165) is 59.8 Å². The normalized spacial score (nSPS) is 23.7. The van der Waals surface area contributed by atoms with Crippen LogP contribution in [0.1, 0.15) is 146 Å². The Morgan fingerprint density at radius 3 is 2.17 bits per heavy atom. The first-order chi connectivity index (χ1) is 31.4. The van der Waals surface area contributed by atoms with Gasteiger partial charge in [-0.2, -0.15) is 0 Å².